The van der Waals surface area contributed by atoms with Crippen LogP contribution in [0.5, 0.6) is 28.7 Å². The molecule has 2 aliphatic heterocycles. The maximum absolute atomic E-state index is 15.1. The summed E-state index contributed by atoms with van der Waals surface area (Å²) in [5.74, 6) is 0.913. The zero-order chi connectivity index (χ0) is 49.7. The molecule has 1 amide bonds. The average Bonchev–Trinajstić information content (AvgIpc) is 3.89. The van der Waals surface area contributed by atoms with Gasteiger partial charge in [0.05, 0.1) is 31.5 Å². The van der Waals surface area contributed by atoms with Crippen molar-refractivity contribution in [2.75, 3.05) is 46.4 Å². The molecule has 5 aromatic rings. The van der Waals surface area contributed by atoms with Gasteiger partial charge in [0, 0.05) is 37.7 Å². The van der Waals surface area contributed by atoms with Crippen LogP contribution in [0.4, 0.5) is 4.79 Å². The molecular weight excluding hydrogens is 913 g/mol. The number of hydrogen-bond acceptors (Lipinski definition) is 12. The van der Waals surface area contributed by atoms with Crippen LogP contribution < -0.4 is 18.9 Å². The normalized spacial score (nSPS) is 22.0. The Morgan fingerprint density at radius 1 is 0.806 bits per heavy atom. The van der Waals surface area contributed by atoms with Gasteiger partial charge in [-0.3, -0.25) is 4.90 Å². The number of allylic oxidation sites excluding steroid dienone is 1. The van der Waals surface area contributed by atoms with Crippen LogP contribution in [0.3, 0.4) is 0 Å². The average molecular weight is 979 g/mol. The predicted molar refractivity (Wildman–Crippen MR) is 274 cm³/mol. The van der Waals surface area contributed by atoms with Crippen LogP contribution in [0, 0.1) is 17.8 Å². The van der Waals surface area contributed by atoms with E-state index in [1.807, 2.05) is 97.9 Å². The standard InChI is InChI=1S/C59H66N2O11/c1-3-31-69-59-55(61(38-42-21-27-53-54(34-42)68-40-67-53)58(64)66-33-32-65-39-41-15-7-5-8-16-41)37-51(60-70-4-2)49-35-45(19-11-13-29-62)48(20-12-14-30-63)56(57(49)59)50-36-47(26-28-52(50)72-59)71-46-24-22-44(23-25-46)43-17-9-6-10-18-43/h3,5-10,15-18,21-28,34-36,45,48,55-57,62-63H,1,4,11-14,19-20,29-33,37-40H2,2H3/t45-,48+,55-,56+,57+,59+/m0/s1. The van der Waals surface area contributed by atoms with Crippen LogP contribution in [0.25, 0.3) is 11.1 Å². The van der Waals surface area contributed by atoms with Crippen molar-refractivity contribution in [1.82, 2.24) is 4.90 Å². The maximum atomic E-state index is 15.1. The van der Waals surface area contributed by atoms with Gasteiger partial charge in [-0.25, -0.2) is 4.79 Å². The molecule has 13 nitrogen and oxygen atoms in total. The third-order valence-electron chi connectivity index (χ3n) is 14.1. The molecule has 1 fully saturated rings. The molecule has 72 heavy (non-hydrogen) atoms. The van der Waals surface area contributed by atoms with Gasteiger partial charge in [-0.2, -0.15) is 0 Å². The molecule has 2 N–H and O–H groups in total. The molecule has 0 saturated heterocycles. The van der Waals surface area contributed by atoms with E-state index in [0.29, 0.717) is 60.5 Å². The predicted octanol–water partition coefficient (Wildman–Crippen LogP) is 11.4. The van der Waals surface area contributed by atoms with Crippen LogP contribution >= 0.6 is 0 Å². The number of hydrogen-bond donors (Lipinski definition) is 2. The van der Waals surface area contributed by atoms with Gasteiger partial charge in [-0.05, 0) is 115 Å². The number of aliphatic hydroxyl groups is 2. The fourth-order valence-corrected chi connectivity index (χ4v) is 10.9. The van der Waals surface area contributed by atoms with Gasteiger partial charge in [0.15, 0.2) is 11.5 Å². The van der Waals surface area contributed by atoms with Crippen LogP contribution in [0.15, 0.2) is 151 Å². The highest BCUT2D eigenvalue weighted by Crippen LogP contribution is 2.62. The Labute approximate surface area is 422 Å². The van der Waals surface area contributed by atoms with Crippen LogP contribution in [-0.2, 0) is 32.2 Å². The summed E-state index contributed by atoms with van der Waals surface area (Å²) in [4.78, 5) is 22.7. The van der Waals surface area contributed by atoms with E-state index in [0.717, 1.165) is 59.1 Å². The lowest BCUT2D eigenvalue weighted by Crippen LogP contribution is -2.70. The summed E-state index contributed by atoms with van der Waals surface area (Å²) in [6, 6.07) is 38.9. The van der Waals surface area contributed by atoms with Crippen molar-refractivity contribution in [3.8, 4) is 39.9 Å². The molecule has 6 atom stereocenters. The van der Waals surface area contributed by atoms with Crippen molar-refractivity contribution in [2.45, 2.75) is 82.8 Å². The molecule has 2 heterocycles. The van der Waals surface area contributed by atoms with E-state index in [-0.39, 0.29) is 70.5 Å². The van der Waals surface area contributed by atoms with E-state index in [9.17, 15) is 10.2 Å². The number of carbonyl (C=O) groups excluding carboxylic acids is 1. The molecule has 5 aromatic carbocycles. The second-order valence-corrected chi connectivity index (χ2v) is 18.7. The first kappa shape index (κ1) is 50.3. The lowest BCUT2D eigenvalue weighted by Gasteiger charge is -2.59. The Morgan fingerprint density at radius 3 is 2.29 bits per heavy atom. The molecule has 13 heteroatoms. The zero-order valence-electron chi connectivity index (χ0n) is 41.1. The van der Waals surface area contributed by atoms with Crippen molar-refractivity contribution in [2.24, 2.45) is 22.9 Å². The molecule has 2 aliphatic carbocycles. The minimum Gasteiger partial charge on any atom is -0.459 e. The number of rotatable bonds is 24. The summed E-state index contributed by atoms with van der Waals surface area (Å²) in [5.41, 5.74) is 6.55. The molecule has 0 unspecified atom stereocenters. The zero-order valence-corrected chi connectivity index (χ0v) is 41.1. The Bertz CT molecular complexity index is 2640. The summed E-state index contributed by atoms with van der Waals surface area (Å²) in [7, 11) is 0. The van der Waals surface area contributed by atoms with Crippen molar-refractivity contribution in [3.05, 3.63) is 162 Å². The Hall–Kier alpha value is -6.64. The molecular formula is C59H66N2O11. The topological polar surface area (TPSA) is 147 Å². The summed E-state index contributed by atoms with van der Waals surface area (Å²) in [6.07, 6.45) is 8.15. The van der Waals surface area contributed by atoms with E-state index >= 15 is 4.79 Å². The van der Waals surface area contributed by atoms with Gasteiger partial charge in [-0.1, -0.05) is 109 Å². The van der Waals surface area contributed by atoms with Crippen molar-refractivity contribution < 1.29 is 53.0 Å². The highest BCUT2D eigenvalue weighted by molar-refractivity contribution is 6.03. The third kappa shape index (κ3) is 11.3. The van der Waals surface area contributed by atoms with E-state index in [2.05, 4.69) is 43.0 Å². The fraction of sp³-hybridized carbons (Fsp3) is 0.390. The van der Waals surface area contributed by atoms with Gasteiger partial charge in [-0.15, -0.1) is 6.58 Å². The number of aliphatic hydroxyl groups excluding tert-OH is 2. The van der Waals surface area contributed by atoms with Gasteiger partial charge < -0.3 is 48.2 Å². The lowest BCUT2D eigenvalue weighted by atomic mass is 9.55. The summed E-state index contributed by atoms with van der Waals surface area (Å²) in [5, 5.41) is 25.0. The van der Waals surface area contributed by atoms with E-state index in [1.165, 1.54) is 0 Å². The summed E-state index contributed by atoms with van der Waals surface area (Å²) < 4.78 is 45.0. The number of benzene rings is 5. The molecule has 378 valence electrons. The van der Waals surface area contributed by atoms with Crippen LogP contribution in [0.1, 0.15) is 74.5 Å². The van der Waals surface area contributed by atoms with Gasteiger partial charge in [0.1, 0.15) is 36.5 Å². The van der Waals surface area contributed by atoms with E-state index in [1.54, 1.807) is 11.0 Å². The van der Waals surface area contributed by atoms with Crippen LogP contribution in [-0.4, -0.2) is 85.2 Å². The van der Waals surface area contributed by atoms with Gasteiger partial charge >= 0.3 is 6.09 Å². The molecule has 0 radical (unpaired) electrons. The number of amides is 1. The Balaban J connectivity index is 1.15. The maximum Gasteiger partial charge on any atom is 0.410 e. The first-order valence-corrected chi connectivity index (χ1v) is 25.4. The third-order valence-corrected chi connectivity index (χ3v) is 14.1. The van der Waals surface area contributed by atoms with Gasteiger partial charge in [0.2, 0.25) is 12.6 Å². The molecule has 1 saturated carbocycles. The summed E-state index contributed by atoms with van der Waals surface area (Å²) >= 11 is 0. The quantitative estimate of drug-likeness (QED) is 0.0346. The smallest absolute Gasteiger partial charge is 0.410 e. The first-order chi connectivity index (χ1) is 35.4. The minimum atomic E-state index is -1.51. The van der Waals surface area contributed by atoms with Gasteiger partial charge in [0.25, 0.3) is 0 Å². The van der Waals surface area contributed by atoms with E-state index in [4.69, 9.17) is 43.2 Å². The first-order valence-electron chi connectivity index (χ1n) is 25.4. The number of ether oxygens (including phenoxy) is 7. The molecule has 0 bridgehead atoms. The largest absolute Gasteiger partial charge is 0.459 e. The van der Waals surface area contributed by atoms with Crippen LogP contribution in [0.2, 0.25) is 0 Å². The number of unbranched alkanes of at least 4 members (excludes halogenated alkanes) is 2. The second-order valence-electron chi connectivity index (χ2n) is 18.7. The van der Waals surface area contributed by atoms with Crippen molar-refractivity contribution >= 4 is 11.8 Å². The Morgan fingerprint density at radius 2 is 1.53 bits per heavy atom. The summed E-state index contributed by atoms with van der Waals surface area (Å²) in [6.45, 7) is 7.33. The molecule has 4 aliphatic rings. The minimum absolute atomic E-state index is 0.00244. The van der Waals surface area contributed by atoms with Crippen molar-refractivity contribution in [3.63, 3.8) is 0 Å². The highest BCUT2D eigenvalue weighted by atomic mass is 16.7. The lowest BCUT2D eigenvalue weighted by molar-refractivity contribution is -0.256. The SMILES string of the molecule is C=CCO[C@@]12Oc3ccc(Oc4ccc(-c5ccccc5)cc4)cc3[C@H]3[C@H](CCCCO)[C@@H](CCCCO)C=C(C(=NOCC)C[C@@H]1N(Cc1ccc4c(c1)OCO4)C(=O)OCCOCc1ccccc1)[C@H]32. The Kier molecular flexibility index (Phi) is 16.9. The highest BCUT2D eigenvalue weighted by Gasteiger charge is 2.65. The molecule has 0 aromatic heterocycles. The fourth-order valence-electron chi connectivity index (χ4n) is 10.9. The molecule has 0 spiro atoms. The number of carbonyl (C=O) groups is 1. The number of nitrogens with zero attached hydrogens (tertiary/aromatic N) is 2. The second kappa shape index (κ2) is 24.2. The number of fused-ring (bicyclic) bond motifs is 3. The van der Waals surface area contributed by atoms with Crippen molar-refractivity contribution in [1.29, 1.82) is 0 Å². The monoisotopic (exact) mass is 978 g/mol. The van der Waals surface area contributed by atoms with E-state index < -0.39 is 23.8 Å². The molecule has 9 rings (SSSR count). The number of oxime groups is 1.